The Balaban J connectivity index is 1.83. The minimum absolute atomic E-state index is 0.150. The summed E-state index contributed by atoms with van der Waals surface area (Å²) in [6.07, 6.45) is 8.51. The number of carbonyl (C=O) groups excluding carboxylic acids is 1. The predicted molar refractivity (Wildman–Crippen MR) is 82.4 cm³/mol. The topological polar surface area (TPSA) is 58.4 Å². The van der Waals surface area contributed by atoms with Crippen LogP contribution in [0.3, 0.4) is 0 Å². The fourth-order valence-corrected chi connectivity index (χ4v) is 3.78. The van der Waals surface area contributed by atoms with Gasteiger partial charge in [0.05, 0.1) is 6.54 Å². The van der Waals surface area contributed by atoms with Crippen molar-refractivity contribution in [2.45, 2.75) is 76.9 Å². The van der Waals surface area contributed by atoms with Crippen LogP contribution in [0.1, 0.15) is 58.8 Å². The van der Waals surface area contributed by atoms with Crippen LogP contribution in [0.5, 0.6) is 0 Å². The molecule has 2 aliphatic rings. The summed E-state index contributed by atoms with van der Waals surface area (Å²) in [5.74, 6) is 0.814. The van der Waals surface area contributed by atoms with Crippen molar-refractivity contribution in [1.82, 2.24) is 10.2 Å². The molecule has 1 heterocycles. The smallest absolute Gasteiger partial charge is 0.234 e. The van der Waals surface area contributed by atoms with Crippen LogP contribution in [-0.2, 0) is 4.79 Å². The van der Waals surface area contributed by atoms with Gasteiger partial charge in [0.2, 0.25) is 5.91 Å². The molecule has 0 aromatic heterocycles. The minimum Gasteiger partial charge on any atom is -0.352 e. The summed E-state index contributed by atoms with van der Waals surface area (Å²) >= 11 is 0. The van der Waals surface area contributed by atoms with E-state index in [0.29, 0.717) is 24.5 Å². The van der Waals surface area contributed by atoms with E-state index >= 15 is 0 Å². The highest BCUT2D eigenvalue weighted by molar-refractivity contribution is 5.78. The molecule has 0 aromatic rings. The maximum atomic E-state index is 12.3. The number of rotatable bonds is 4. The van der Waals surface area contributed by atoms with Crippen LogP contribution in [0.25, 0.3) is 0 Å². The summed E-state index contributed by atoms with van der Waals surface area (Å²) in [7, 11) is 0. The lowest BCUT2D eigenvalue weighted by Crippen LogP contribution is -2.53. The number of likely N-dealkylation sites (tertiary alicyclic amines) is 1. The van der Waals surface area contributed by atoms with Gasteiger partial charge in [0.15, 0.2) is 0 Å². The first kappa shape index (κ1) is 15.8. The molecule has 2 rings (SSSR count). The zero-order valence-electron chi connectivity index (χ0n) is 13.1. The van der Waals surface area contributed by atoms with Gasteiger partial charge in [-0.2, -0.15) is 0 Å². The summed E-state index contributed by atoms with van der Waals surface area (Å²) in [4.78, 5) is 14.6. The van der Waals surface area contributed by atoms with Crippen molar-refractivity contribution in [1.29, 1.82) is 0 Å². The highest BCUT2D eigenvalue weighted by atomic mass is 16.2. The molecule has 4 nitrogen and oxygen atoms in total. The molecule has 3 N–H and O–H groups in total. The fraction of sp³-hybridized carbons (Fsp3) is 0.938. The van der Waals surface area contributed by atoms with Gasteiger partial charge in [0.1, 0.15) is 0 Å². The van der Waals surface area contributed by atoms with Crippen LogP contribution in [0.4, 0.5) is 0 Å². The number of hydrogen-bond acceptors (Lipinski definition) is 3. The minimum atomic E-state index is 0.150. The molecule has 4 atom stereocenters. The molecular weight excluding hydrogens is 250 g/mol. The number of carbonyl (C=O) groups is 1. The Bertz CT molecular complexity index is 319. The summed E-state index contributed by atoms with van der Waals surface area (Å²) in [5, 5.41) is 3.25. The van der Waals surface area contributed by atoms with Gasteiger partial charge in [0, 0.05) is 18.1 Å². The van der Waals surface area contributed by atoms with Gasteiger partial charge in [-0.15, -0.1) is 0 Å². The highest BCUT2D eigenvalue weighted by Gasteiger charge is 2.28. The van der Waals surface area contributed by atoms with Gasteiger partial charge >= 0.3 is 0 Å². The zero-order chi connectivity index (χ0) is 14.5. The van der Waals surface area contributed by atoms with Crippen LogP contribution < -0.4 is 11.1 Å². The SMILES string of the molecule is CC(N)C1CCCCN1CC(=O)NC1CCCCC1C. The third-order valence-corrected chi connectivity index (χ3v) is 5.08. The molecule has 20 heavy (non-hydrogen) atoms. The lowest BCUT2D eigenvalue weighted by molar-refractivity contribution is -0.124. The van der Waals surface area contributed by atoms with Crippen molar-refractivity contribution in [3.63, 3.8) is 0 Å². The first-order valence-electron chi connectivity index (χ1n) is 8.37. The van der Waals surface area contributed by atoms with E-state index < -0.39 is 0 Å². The molecule has 2 fully saturated rings. The normalized spacial score (nSPS) is 33.6. The quantitative estimate of drug-likeness (QED) is 0.827. The molecule has 0 aromatic carbocycles. The number of amides is 1. The van der Waals surface area contributed by atoms with Crippen molar-refractivity contribution in [3.05, 3.63) is 0 Å². The predicted octanol–water partition coefficient (Wildman–Crippen LogP) is 1.88. The first-order valence-corrected chi connectivity index (χ1v) is 8.37. The maximum Gasteiger partial charge on any atom is 0.234 e. The monoisotopic (exact) mass is 281 g/mol. The van der Waals surface area contributed by atoms with Crippen molar-refractivity contribution in [3.8, 4) is 0 Å². The van der Waals surface area contributed by atoms with E-state index in [1.165, 1.54) is 32.1 Å². The van der Waals surface area contributed by atoms with Gasteiger partial charge in [-0.25, -0.2) is 0 Å². The van der Waals surface area contributed by atoms with Crippen LogP contribution in [0.15, 0.2) is 0 Å². The lowest BCUT2D eigenvalue weighted by atomic mass is 9.86. The Kier molecular flexibility index (Phi) is 5.85. The van der Waals surface area contributed by atoms with Gasteiger partial charge in [-0.05, 0) is 45.1 Å². The summed E-state index contributed by atoms with van der Waals surface area (Å²) in [6.45, 7) is 5.86. The van der Waals surface area contributed by atoms with Crippen molar-refractivity contribution < 1.29 is 4.79 Å². The second-order valence-corrected chi connectivity index (χ2v) is 6.83. The summed E-state index contributed by atoms with van der Waals surface area (Å²) < 4.78 is 0. The zero-order valence-corrected chi connectivity index (χ0v) is 13.1. The van der Waals surface area contributed by atoms with E-state index in [4.69, 9.17) is 5.73 Å². The maximum absolute atomic E-state index is 12.3. The van der Waals surface area contributed by atoms with E-state index in [1.54, 1.807) is 0 Å². The molecule has 1 amide bonds. The second kappa shape index (κ2) is 7.41. The lowest BCUT2D eigenvalue weighted by Gasteiger charge is -2.38. The molecule has 0 radical (unpaired) electrons. The summed E-state index contributed by atoms with van der Waals surface area (Å²) in [6, 6.07) is 0.907. The van der Waals surface area contributed by atoms with E-state index in [0.717, 1.165) is 19.4 Å². The Morgan fingerprint density at radius 2 is 1.95 bits per heavy atom. The van der Waals surface area contributed by atoms with Gasteiger partial charge in [-0.3, -0.25) is 9.69 Å². The van der Waals surface area contributed by atoms with Crippen molar-refractivity contribution >= 4 is 5.91 Å². The average Bonchev–Trinajstić information content (AvgIpc) is 2.41. The Morgan fingerprint density at radius 3 is 2.65 bits per heavy atom. The Labute approximate surface area is 123 Å². The number of nitrogens with zero attached hydrogens (tertiary/aromatic N) is 1. The molecule has 4 unspecified atom stereocenters. The molecular formula is C16H31N3O. The highest BCUT2D eigenvalue weighted by Crippen LogP contribution is 2.24. The van der Waals surface area contributed by atoms with Gasteiger partial charge in [-0.1, -0.05) is 26.2 Å². The molecule has 1 aliphatic heterocycles. The summed E-state index contributed by atoms with van der Waals surface area (Å²) in [5.41, 5.74) is 6.07. The Hall–Kier alpha value is -0.610. The second-order valence-electron chi connectivity index (χ2n) is 6.83. The molecule has 4 heteroatoms. The molecule has 1 saturated carbocycles. The van der Waals surface area contributed by atoms with Crippen LogP contribution in [0, 0.1) is 5.92 Å². The van der Waals surface area contributed by atoms with Crippen LogP contribution in [0.2, 0.25) is 0 Å². The van der Waals surface area contributed by atoms with Crippen LogP contribution >= 0.6 is 0 Å². The van der Waals surface area contributed by atoms with Crippen molar-refractivity contribution in [2.75, 3.05) is 13.1 Å². The number of hydrogen-bond donors (Lipinski definition) is 2. The van der Waals surface area contributed by atoms with Gasteiger partial charge in [0.25, 0.3) is 0 Å². The molecule has 116 valence electrons. The Morgan fingerprint density at radius 1 is 1.25 bits per heavy atom. The van der Waals surface area contributed by atoms with E-state index in [9.17, 15) is 4.79 Å². The number of nitrogens with two attached hydrogens (primary N) is 1. The fourth-order valence-electron chi connectivity index (χ4n) is 3.78. The van der Waals surface area contributed by atoms with E-state index in [1.807, 2.05) is 0 Å². The molecule has 0 spiro atoms. The number of piperidine rings is 1. The number of nitrogens with one attached hydrogen (secondary N) is 1. The van der Waals surface area contributed by atoms with E-state index in [-0.39, 0.29) is 11.9 Å². The first-order chi connectivity index (χ1) is 9.58. The third-order valence-electron chi connectivity index (χ3n) is 5.08. The van der Waals surface area contributed by atoms with Crippen LogP contribution in [-0.4, -0.2) is 42.0 Å². The van der Waals surface area contributed by atoms with Gasteiger partial charge < -0.3 is 11.1 Å². The van der Waals surface area contributed by atoms with Crippen molar-refractivity contribution in [2.24, 2.45) is 11.7 Å². The molecule has 1 saturated heterocycles. The standard InChI is InChI=1S/C16H31N3O/c1-12-7-3-4-8-14(12)18-16(20)11-19-10-6-5-9-15(19)13(2)17/h12-15H,3-11,17H2,1-2H3,(H,18,20). The average molecular weight is 281 g/mol. The third kappa shape index (κ3) is 4.19. The van der Waals surface area contributed by atoms with E-state index in [2.05, 4.69) is 24.1 Å². The molecule has 1 aliphatic carbocycles. The molecule has 0 bridgehead atoms. The largest absolute Gasteiger partial charge is 0.352 e.